The Morgan fingerprint density at radius 2 is 0.917 bits per heavy atom. The van der Waals surface area contributed by atoms with E-state index in [2.05, 4.69) is 31.9 Å². The van der Waals surface area contributed by atoms with E-state index < -0.39 is 0 Å². The average Bonchev–Trinajstić information content (AvgIpc) is 2.08. The van der Waals surface area contributed by atoms with Gasteiger partial charge in [-0.2, -0.15) is 0 Å². The van der Waals surface area contributed by atoms with Crippen molar-refractivity contribution in [3.63, 3.8) is 0 Å². The lowest BCUT2D eigenvalue weighted by molar-refractivity contribution is 0.566. The van der Waals surface area contributed by atoms with E-state index in [9.17, 15) is 0 Å². The number of hydrogen-bond acceptors (Lipinski definition) is 0. The summed E-state index contributed by atoms with van der Waals surface area (Å²) in [6, 6.07) is 0. The molecule has 0 aromatic carbocycles. The van der Waals surface area contributed by atoms with E-state index in [0.29, 0.717) is 0 Å². The molecule has 0 heterocycles. The molecular weight excluding hydrogens is 374 g/mol. The predicted molar refractivity (Wildman–Crippen MR) is 64.0 cm³/mol. The van der Waals surface area contributed by atoms with Gasteiger partial charge in [0.2, 0.25) is 0 Å². The molecule has 1 aliphatic carbocycles. The van der Waals surface area contributed by atoms with Crippen LogP contribution in [0.3, 0.4) is 0 Å². The fraction of sp³-hybridized carbons (Fsp3) is 1.00. The highest BCUT2D eigenvalue weighted by Crippen LogP contribution is 2.41. The maximum atomic E-state index is 6.05. The Hall–Kier alpha value is 2.12. The third kappa shape index (κ3) is 2.20. The third-order valence-electron chi connectivity index (χ3n) is 1.83. The van der Waals surface area contributed by atoms with E-state index in [0.717, 1.165) is 0 Å². The van der Waals surface area contributed by atoms with Crippen LogP contribution in [0.4, 0.5) is 0 Å². The molecule has 4 atom stereocenters. The van der Waals surface area contributed by atoms with Crippen LogP contribution < -0.4 is 0 Å². The molecule has 0 N–H and O–H groups in total. The second-order valence-corrected chi connectivity index (χ2v) is 6.80. The Morgan fingerprint density at radius 3 is 1.25 bits per heavy atom. The van der Waals surface area contributed by atoms with E-state index >= 15 is 0 Å². The molecule has 0 aliphatic heterocycles. The zero-order chi connectivity index (χ0) is 9.46. The lowest BCUT2D eigenvalue weighted by atomic mass is 9.98. The second kappa shape index (κ2) is 4.76. The average molecular weight is 380 g/mol. The van der Waals surface area contributed by atoms with Crippen molar-refractivity contribution >= 4 is 78.3 Å². The fourth-order valence-electron chi connectivity index (χ4n) is 1.05. The van der Waals surface area contributed by atoms with Crippen LogP contribution in [0.2, 0.25) is 0 Å². The van der Waals surface area contributed by atoms with Crippen molar-refractivity contribution in [3.05, 3.63) is 0 Å². The van der Waals surface area contributed by atoms with Crippen LogP contribution >= 0.6 is 78.3 Å². The highest BCUT2D eigenvalue weighted by molar-refractivity contribution is 9.10. The first-order valence-corrected chi connectivity index (χ1v) is 6.89. The molecule has 1 fully saturated rings. The van der Waals surface area contributed by atoms with Gasteiger partial charge in [-0.3, -0.25) is 0 Å². The van der Waals surface area contributed by atoms with Crippen molar-refractivity contribution < 1.29 is 0 Å². The molecule has 0 aromatic heterocycles. The Labute approximate surface area is 109 Å². The maximum absolute atomic E-state index is 6.05. The van der Waals surface area contributed by atoms with Gasteiger partial charge < -0.3 is 0 Å². The summed E-state index contributed by atoms with van der Waals surface area (Å²) in [6.07, 6.45) is 0. The molecule has 1 rings (SSSR count). The monoisotopic (exact) mass is 376 g/mol. The maximum Gasteiger partial charge on any atom is 0.0686 e. The lowest BCUT2D eigenvalue weighted by Crippen LogP contribution is -2.51. The Morgan fingerprint density at radius 1 is 0.583 bits per heavy atom. The molecular formula is C6H6Br2Cl4. The molecule has 0 radical (unpaired) electrons. The van der Waals surface area contributed by atoms with Crippen LogP contribution in [-0.4, -0.2) is 31.2 Å². The van der Waals surface area contributed by atoms with Gasteiger partial charge in [-0.15, -0.1) is 46.4 Å². The Bertz CT molecular complexity index is 109. The van der Waals surface area contributed by atoms with Crippen LogP contribution in [0, 0.1) is 0 Å². The zero-order valence-electron chi connectivity index (χ0n) is 5.73. The minimum atomic E-state index is -0.267. The van der Waals surface area contributed by atoms with E-state index in [-0.39, 0.29) is 31.2 Å². The van der Waals surface area contributed by atoms with Crippen LogP contribution in [0.25, 0.3) is 0 Å². The summed E-state index contributed by atoms with van der Waals surface area (Å²) < 4.78 is 0. The summed E-state index contributed by atoms with van der Waals surface area (Å²) in [5.41, 5.74) is 0. The van der Waals surface area contributed by atoms with E-state index in [4.69, 9.17) is 46.4 Å². The molecule has 0 saturated heterocycles. The molecule has 0 aromatic rings. The smallest absolute Gasteiger partial charge is 0.0686 e. The van der Waals surface area contributed by atoms with Gasteiger partial charge in [0.05, 0.1) is 21.5 Å². The predicted octanol–water partition coefficient (Wildman–Crippen LogP) is 3.96. The van der Waals surface area contributed by atoms with Crippen LogP contribution in [0.1, 0.15) is 0 Å². The largest absolute Gasteiger partial charge is 0.120 e. The SMILES string of the molecule is ClC1C(Cl)C(Br)C(Cl)C(Br)C1Cl. The fourth-order valence-corrected chi connectivity index (χ4v) is 4.61. The van der Waals surface area contributed by atoms with Crippen molar-refractivity contribution in [1.82, 2.24) is 0 Å². The van der Waals surface area contributed by atoms with Crippen LogP contribution in [-0.2, 0) is 0 Å². The molecule has 0 spiro atoms. The van der Waals surface area contributed by atoms with Gasteiger partial charge in [0.15, 0.2) is 0 Å². The standard InChI is InChI=1S/C6H6Br2Cl4/c7-1-3(9)2(8)5(11)6(12)4(1)10/h1-6H. The molecule has 1 aliphatic rings. The number of halogens is 6. The summed E-state index contributed by atoms with van der Waals surface area (Å²) >= 11 is 30.8. The molecule has 4 unspecified atom stereocenters. The summed E-state index contributed by atoms with van der Waals surface area (Å²) in [4.78, 5) is -0.0228. The molecule has 6 heteroatoms. The van der Waals surface area contributed by atoms with Gasteiger partial charge >= 0.3 is 0 Å². The van der Waals surface area contributed by atoms with Crippen molar-refractivity contribution in [2.75, 3.05) is 0 Å². The van der Waals surface area contributed by atoms with Gasteiger partial charge in [-0.1, -0.05) is 31.9 Å². The first kappa shape index (κ1) is 12.2. The van der Waals surface area contributed by atoms with Crippen molar-refractivity contribution in [3.8, 4) is 0 Å². The van der Waals surface area contributed by atoms with E-state index in [1.54, 1.807) is 0 Å². The number of alkyl halides is 6. The molecule has 0 bridgehead atoms. The van der Waals surface area contributed by atoms with Gasteiger partial charge in [0.25, 0.3) is 0 Å². The van der Waals surface area contributed by atoms with E-state index in [1.807, 2.05) is 0 Å². The summed E-state index contributed by atoms with van der Waals surface area (Å²) in [5.74, 6) is 0. The molecule has 12 heavy (non-hydrogen) atoms. The highest BCUT2D eigenvalue weighted by atomic mass is 79.9. The van der Waals surface area contributed by atoms with Gasteiger partial charge in [0.1, 0.15) is 0 Å². The van der Waals surface area contributed by atoms with Crippen molar-refractivity contribution in [2.45, 2.75) is 31.2 Å². The van der Waals surface area contributed by atoms with E-state index in [1.165, 1.54) is 0 Å². The number of hydrogen-bond donors (Lipinski definition) is 0. The summed E-state index contributed by atoms with van der Waals surface area (Å²) in [7, 11) is 0. The van der Waals surface area contributed by atoms with Gasteiger partial charge in [-0.05, 0) is 0 Å². The molecule has 0 amide bonds. The number of rotatable bonds is 0. The first-order chi connectivity index (χ1) is 5.46. The molecule has 1 saturated carbocycles. The van der Waals surface area contributed by atoms with Crippen molar-refractivity contribution in [2.24, 2.45) is 0 Å². The minimum absolute atomic E-state index is 0.0114. The zero-order valence-corrected chi connectivity index (χ0v) is 11.9. The molecule has 72 valence electrons. The van der Waals surface area contributed by atoms with Crippen LogP contribution in [0.5, 0.6) is 0 Å². The van der Waals surface area contributed by atoms with Gasteiger partial charge in [0, 0.05) is 9.65 Å². The van der Waals surface area contributed by atoms with Crippen molar-refractivity contribution in [1.29, 1.82) is 0 Å². The second-order valence-electron chi connectivity index (χ2n) is 2.67. The first-order valence-electron chi connectivity index (χ1n) is 3.31. The van der Waals surface area contributed by atoms with Crippen LogP contribution in [0.15, 0.2) is 0 Å². The third-order valence-corrected chi connectivity index (χ3v) is 7.75. The Kier molecular flexibility index (Phi) is 4.84. The lowest BCUT2D eigenvalue weighted by Gasteiger charge is -2.38. The normalized spacial score (nSPS) is 55.5. The Balaban J connectivity index is 2.76. The summed E-state index contributed by atoms with van der Waals surface area (Å²) in [6.45, 7) is 0. The quantitative estimate of drug-likeness (QED) is 0.559. The minimum Gasteiger partial charge on any atom is -0.120 e. The van der Waals surface area contributed by atoms with Gasteiger partial charge in [-0.25, -0.2) is 0 Å². The topological polar surface area (TPSA) is 0 Å². The molecule has 0 nitrogen and oxygen atoms in total. The highest BCUT2D eigenvalue weighted by Gasteiger charge is 2.46. The summed E-state index contributed by atoms with van der Waals surface area (Å²) in [5, 5.41) is -0.863.